The Labute approximate surface area is 113 Å². The Kier molecular flexibility index (Phi) is 5.10. The number of nitrogens with zero attached hydrogens (tertiary/aromatic N) is 1. The van der Waals surface area contributed by atoms with Crippen LogP contribution in [0.5, 0.6) is 0 Å². The van der Waals surface area contributed by atoms with Gasteiger partial charge in [0.15, 0.2) is 0 Å². The summed E-state index contributed by atoms with van der Waals surface area (Å²) >= 11 is 0. The third-order valence-electron chi connectivity index (χ3n) is 2.19. The highest BCUT2D eigenvalue weighted by Crippen LogP contribution is 2.43. The summed E-state index contributed by atoms with van der Waals surface area (Å²) in [4.78, 5) is 47.5. The zero-order chi connectivity index (χ0) is 15.6. The first-order valence-corrected chi connectivity index (χ1v) is 8.75. The molecular formula is C9H13NO8P2. The van der Waals surface area contributed by atoms with Crippen molar-refractivity contribution >= 4 is 26.8 Å². The minimum absolute atomic E-state index is 0.174. The van der Waals surface area contributed by atoms with Crippen LogP contribution in [0, 0.1) is 0 Å². The second-order valence-corrected chi connectivity index (χ2v) is 7.20. The lowest BCUT2D eigenvalue weighted by atomic mass is 10.1. The van der Waals surface area contributed by atoms with Gasteiger partial charge in [-0.3, -0.25) is 9.13 Å². The first-order valence-electron chi connectivity index (χ1n) is 5.16. The molecule has 0 aromatic heterocycles. The first kappa shape index (κ1) is 16.8. The molecule has 9 nitrogen and oxygen atoms in total. The maximum Gasteiger partial charge on any atom is 0.344 e. The maximum atomic E-state index is 11.0. The van der Waals surface area contributed by atoms with E-state index in [1.165, 1.54) is 24.3 Å². The predicted molar refractivity (Wildman–Crippen MR) is 69.7 cm³/mol. The van der Waals surface area contributed by atoms with E-state index >= 15 is 0 Å². The lowest BCUT2D eigenvalue weighted by Crippen LogP contribution is -2.27. The number of aromatic carboxylic acids is 1. The Bertz CT molecular complexity index is 567. The zero-order valence-corrected chi connectivity index (χ0v) is 11.8. The average molecular weight is 325 g/mol. The van der Waals surface area contributed by atoms with Crippen LogP contribution >= 0.6 is 15.2 Å². The number of para-hydroxylation sites is 1. The highest BCUT2D eigenvalue weighted by atomic mass is 31.2. The molecule has 0 aliphatic rings. The van der Waals surface area contributed by atoms with Gasteiger partial charge in [0.2, 0.25) is 0 Å². The molecule has 0 saturated carbocycles. The summed E-state index contributed by atoms with van der Waals surface area (Å²) in [6.45, 7) is 0. The lowest BCUT2D eigenvalue weighted by Gasteiger charge is -2.26. The minimum Gasteiger partial charge on any atom is -0.478 e. The molecule has 112 valence electrons. The molecule has 0 aliphatic carbocycles. The number of carbonyl (C=O) groups is 1. The van der Waals surface area contributed by atoms with E-state index in [0.717, 1.165) is 0 Å². The van der Waals surface area contributed by atoms with Crippen molar-refractivity contribution in [2.24, 2.45) is 0 Å². The van der Waals surface area contributed by atoms with E-state index in [0.29, 0.717) is 4.90 Å². The Morgan fingerprint density at radius 1 is 1.00 bits per heavy atom. The van der Waals surface area contributed by atoms with Crippen molar-refractivity contribution in [2.45, 2.75) is 0 Å². The van der Waals surface area contributed by atoms with Gasteiger partial charge in [-0.15, -0.1) is 0 Å². The fourth-order valence-corrected chi connectivity index (χ4v) is 3.12. The zero-order valence-electron chi connectivity index (χ0n) is 10.0. The quantitative estimate of drug-likeness (QED) is 0.469. The summed E-state index contributed by atoms with van der Waals surface area (Å²) < 4.78 is 22.1. The number of carboxylic acids is 1. The molecule has 0 radical (unpaired) electrons. The number of anilines is 1. The van der Waals surface area contributed by atoms with Crippen LogP contribution in [-0.4, -0.2) is 43.2 Å². The van der Waals surface area contributed by atoms with Gasteiger partial charge in [0, 0.05) is 0 Å². The van der Waals surface area contributed by atoms with Gasteiger partial charge in [0.25, 0.3) is 0 Å². The molecule has 1 rings (SSSR count). The maximum absolute atomic E-state index is 11.0. The number of benzene rings is 1. The van der Waals surface area contributed by atoms with Crippen molar-refractivity contribution < 1.29 is 38.6 Å². The van der Waals surface area contributed by atoms with Crippen LogP contribution in [0.1, 0.15) is 10.4 Å². The molecule has 5 N–H and O–H groups in total. The van der Waals surface area contributed by atoms with E-state index in [-0.39, 0.29) is 11.3 Å². The standard InChI is InChI=1S/C9H13NO8P2/c11-9(12)7-3-1-2-4-8(7)10(5-19(13,14)15)6-20(16,17)18/h1-4H,5-6H2,(H,11,12)(H2,13,14,15)(H2,16,17,18). The van der Waals surface area contributed by atoms with Crippen molar-refractivity contribution in [1.29, 1.82) is 0 Å². The number of hydrogen-bond acceptors (Lipinski definition) is 4. The highest BCUT2D eigenvalue weighted by Gasteiger charge is 2.28. The molecule has 0 saturated heterocycles. The van der Waals surface area contributed by atoms with Crippen LogP contribution in [-0.2, 0) is 9.13 Å². The second kappa shape index (κ2) is 6.05. The number of rotatable bonds is 6. The van der Waals surface area contributed by atoms with Gasteiger partial charge >= 0.3 is 21.2 Å². The topological polar surface area (TPSA) is 156 Å². The van der Waals surface area contributed by atoms with Crippen molar-refractivity contribution in [2.75, 3.05) is 17.5 Å². The first-order chi connectivity index (χ1) is 8.99. The van der Waals surface area contributed by atoms with Gasteiger partial charge in [-0.05, 0) is 12.1 Å². The van der Waals surface area contributed by atoms with Gasteiger partial charge in [-0.25, -0.2) is 4.79 Å². The fraction of sp³-hybridized carbons (Fsp3) is 0.222. The normalized spacial score (nSPS) is 12.2. The molecule has 20 heavy (non-hydrogen) atoms. The lowest BCUT2D eigenvalue weighted by molar-refractivity contribution is 0.0697. The molecule has 11 heteroatoms. The second-order valence-electron chi connectivity index (χ2n) is 3.97. The third-order valence-corrected chi connectivity index (χ3v) is 3.60. The van der Waals surface area contributed by atoms with Crippen LogP contribution in [0.3, 0.4) is 0 Å². The smallest absolute Gasteiger partial charge is 0.344 e. The van der Waals surface area contributed by atoms with Crippen LogP contribution in [0.4, 0.5) is 5.69 Å². The fourth-order valence-electron chi connectivity index (χ4n) is 1.57. The summed E-state index contributed by atoms with van der Waals surface area (Å²) in [5.74, 6) is -1.37. The van der Waals surface area contributed by atoms with Gasteiger partial charge in [0.1, 0.15) is 12.6 Å². The van der Waals surface area contributed by atoms with Crippen LogP contribution in [0.15, 0.2) is 24.3 Å². The summed E-state index contributed by atoms with van der Waals surface area (Å²) in [7, 11) is -9.27. The summed E-state index contributed by atoms with van der Waals surface area (Å²) in [6, 6.07) is 5.17. The molecule has 0 aliphatic heterocycles. The molecule has 0 heterocycles. The SMILES string of the molecule is O=C(O)c1ccccc1N(CP(=O)(O)O)CP(=O)(O)O. The molecule has 0 bridgehead atoms. The van der Waals surface area contributed by atoms with Crippen LogP contribution in [0.2, 0.25) is 0 Å². The molecule has 0 atom stereocenters. The molecule has 0 fully saturated rings. The monoisotopic (exact) mass is 325 g/mol. The third kappa shape index (κ3) is 5.42. The Morgan fingerprint density at radius 2 is 1.45 bits per heavy atom. The Morgan fingerprint density at radius 3 is 1.85 bits per heavy atom. The summed E-state index contributed by atoms with van der Waals surface area (Å²) in [5.41, 5.74) is -0.485. The van der Waals surface area contributed by atoms with E-state index in [1.807, 2.05) is 0 Å². The van der Waals surface area contributed by atoms with Gasteiger partial charge in [0.05, 0.1) is 11.3 Å². The molecule has 0 spiro atoms. The van der Waals surface area contributed by atoms with Gasteiger partial charge in [-0.2, -0.15) is 0 Å². The van der Waals surface area contributed by atoms with E-state index in [4.69, 9.17) is 24.7 Å². The van der Waals surface area contributed by atoms with E-state index < -0.39 is 33.7 Å². The van der Waals surface area contributed by atoms with Crippen LogP contribution < -0.4 is 4.90 Å². The number of hydrogen-bond donors (Lipinski definition) is 5. The average Bonchev–Trinajstić information content (AvgIpc) is 2.24. The molecule has 0 unspecified atom stereocenters. The van der Waals surface area contributed by atoms with Crippen molar-refractivity contribution in [1.82, 2.24) is 0 Å². The van der Waals surface area contributed by atoms with E-state index in [1.54, 1.807) is 0 Å². The minimum atomic E-state index is -4.63. The van der Waals surface area contributed by atoms with E-state index in [9.17, 15) is 13.9 Å². The van der Waals surface area contributed by atoms with Crippen LogP contribution in [0.25, 0.3) is 0 Å². The largest absolute Gasteiger partial charge is 0.478 e. The molecule has 1 aromatic carbocycles. The number of carboxylic acid groups (broad SMARTS) is 1. The molecular weight excluding hydrogens is 312 g/mol. The predicted octanol–water partition coefficient (Wildman–Crippen LogP) is 0.462. The Balaban J connectivity index is 3.27. The highest BCUT2D eigenvalue weighted by molar-refractivity contribution is 7.53. The van der Waals surface area contributed by atoms with Crippen molar-refractivity contribution in [3.8, 4) is 0 Å². The summed E-state index contributed by atoms with van der Waals surface area (Å²) in [5, 5.41) is 9.00. The van der Waals surface area contributed by atoms with Crippen molar-refractivity contribution in [3.63, 3.8) is 0 Å². The summed E-state index contributed by atoms with van der Waals surface area (Å²) in [6.07, 6.45) is -2.00. The van der Waals surface area contributed by atoms with Crippen molar-refractivity contribution in [3.05, 3.63) is 29.8 Å². The van der Waals surface area contributed by atoms with E-state index in [2.05, 4.69) is 0 Å². The molecule has 1 aromatic rings. The van der Waals surface area contributed by atoms with Gasteiger partial charge in [-0.1, -0.05) is 12.1 Å². The Hall–Kier alpha value is -1.21. The van der Waals surface area contributed by atoms with Gasteiger partial charge < -0.3 is 29.6 Å². The molecule has 0 amide bonds.